The van der Waals surface area contributed by atoms with Gasteiger partial charge in [0, 0.05) is 5.38 Å². The van der Waals surface area contributed by atoms with Crippen molar-refractivity contribution in [2.75, 3.05) is 0 Å². The molecule has 0 aliphatic heterocycles. The maximum atomic E-state index is 10.5. The first kappa shape index (κ1) is 6.29. The second-order valence-corrected chi connectivity index (χ2v) is 2.51. The van der Waals surface area contributed by atoms with E-state index in [-0.39, 0.29) is 5.89 Å². The highest BCUT2D eigenvalue weighted by Crippen LogP contribution is 2.13. The number of thiazole rings is 1. The van der Waals surface area contributed by atoms with Crippen molar-refractivity contribution in [3.05, 3.63) is 21.4 Å². The lowest BCUT2D eigenvalue weighted by Crippen LogP contribution is -1.93. The van der Waals surface area contributed by atoms with E-state index in [9.17, 15) is 4.79 Å². The number of hydrogen-bond acceptors (Lipinski definition) is 5. The van der Waals surface area contributed by atoms with E-state index >= 15 is 0 Å². The molecule has 0 saturated carbocycles. The highest BCUT2D eigenvalue weighted by molar-refractivity contribution is 7.07. The Labute approximate surface area is 64.7 Å². The molecule has 0 saturated heterocycles. The molecule has 0 spiro atoms. The van der Waals surface area contributed by atoms with E-state index < -0.39 is 5.76 Å². The van der Waals surface area contributed by atoms with Gasteiger partial charge in [-0.15, -0.1) is 16.4 Å². The molecular formula is C5H3N3O2S. The Hall–Kier alpha value is -1.43. The van der Waals surface area contributed by atoms with Crippen LogP contribution in [-0.2, 0) is 0 Å². The van der Waals surface area contributed by atoms with Crippen molar-refractivity contribution in [1.82, 2.24) is 15.2 Å². The number of H-pyrrole nitrogens is 1. The monoisotopic (exact) mass is 169 g/mol. The third kappa shape index (κ3) is 1.07. The largest absolute Gasteiger partial charge is 0.434 e. The molecule has 0 radical (unpaired) electrons. The van der Waals surface area contributed by atoms with E-state index in [0.717, 1.165) is 0 Å². The lowest BCUT2D eigenvalue weighted by atomic mass is 10.5. The average Bonchev–Trinajstić information content (AvgIpc) is 2.55. The normalized spacial score (nSPS) is 10.2. The van der Waals surface area contributed by atoms with Crippen LogP contribution in [0.15, 0.2) is 20.1 Å². The summed E-state index contributed by atoms with van der Waals surface area (Å²) in [6.45, 7) is 0. The van der Waals surface area contributed by atoms with Crippen LogP contribution in [0.4, 0.5) is 0 Å². The Morgan fingerprint density at radius 3 is 3.09 bits per heavy atom. The van der Waals surface area contributed by atoms with Gasteiger partial charge < -0.3 is 4.42 Å². The van der Waals surface area contributed by atoms with Gasteiger partial charge in [-0.25, -0.2) is 14.9 Å². The second kappa shape index (κ2) is 2.31. The first-order chi connectivity index (χ1) is 5.36. The van der Waals surface area contributed by atoms with Gasteiger partial charge in [0.2, 0.25) is 0 Å². The first-order valence-corrected chi connectivity index (χ1v) is 3.74. The fraction of sp³-hybridized carbons (Fsp3) is 0. The van der Waals surface area contributed by atoms with E-state index in [4.69, 9.17) is 0 Å². The van der Waals surface area contributed by atoms with Gasteiger partial charge in [0.25, 0.3) is 5.89 Å². The molecule has 0 aromatic carbocycles. The molecule has 11 heavy (non-hydrogen) atoms. The smallest absolute Gasteiger partial charge is 0.386 e. The number of aromatic amines is 1. The lowest BCUT2D eigenvalue weighted by molar-refractivity contribution is 0.525. The predicted octanol–water partition coefficient (Wildman–Crippen LogP) is 0.486. The molecule has 56 valence electrons. The standard InChI is InChI=1S/C5H3N3O2S/c9-5-8-7-4(10-5)3-1-11-2-6-3/h1-2H,(H,8,9). The summed E-state index contributed by atoms with van der Waals surface area (Å²) in [4.78, 5) is 14.4. The zero-order valence-electron chi connectivity index (χ0n) is 5.27. The van der Waals surface area contributed by atoms with Crippen LogP contribution in [0.3, 0.4) is 0 Å². The molecule has 2 aromatic rings. The summed E-state index contributed by atoms with van der Waals surface area (Å²) < 4.78 is 4.65. The summed E-state index contributed by atoms with van der Waals surface area (Å²) in [7, 11) is 0. The molecule has 0 unspecified atom stereocenters. The Morgan fingerprint density at radius 1 is 1.64 bits per heavy atom. The molecule has 0 bridgehead atoms. The Kier molecular flexibility index (Phi) is 1.32. The van der Waals surface area contributed by atoms with Crippen molar-refractivity contribution in [2.24, 2.45) is 0 Å². The van der Waals surface area contributed by atoms with Crippen LogP contribution >= 0.6 is 11.3 Å². The summed E-state index contributed by atoms with van der Waals surface area (Å²) in [6, 6.07) is 0. The van der Waals surface area contributed by atoms with Crippen molar-refractivity contribution in [3.63, 3.8) is 0 Å². The predicted molar refractivity (Wildman–Crippen MR) is 38.2 cm³/mol. The average molecular weight is 169 g/mol. The SMILES string of the molecule is O=c1[nH]nc(-c2cscn2)o1. The molecule has 0 amide bonds. The fourth-order valence-corrected chi connectivity index (χ4v) is 1.18. The quantitative estimate of drug-likeness (QED) is 0.674. The highest BCUT2D eigenvalue weighted by Gasteiger charge is 2.05. The van der Waals surface area contributed by atoms with Gasteiger partial charge in [0.15, 0.2) is 0 Å². The highest BCUT2D eigenvalue weighted by atomic mass is 32.1. The maximum absolute atomic E-state index is 10.5. The second-order valence-electron chi connectivity index (χ2n) is 1.79. The van der Waals surface area contributed by atoms with E-state index in [0.29, 0.717) is 5.69 Å². The van der Waals surface area contributed by atoms with Crippen LogP contribution in [0.25, 0.3) is 11.6 Å². The van der Waals surface area contributed by atoms with Gasteiger partial charge in [0.05, 0.1) is 5.51 Å². The molecule has 0 atom stereocenters. The van der Waals surface area contributed by atoms with E-state index in [2.05, 4.69) is 19.6 Å². The molecule has 1 N–H and O–H groups in total. The maximum Gasteiger partial charge on any atom is 0.434 e. The number of aromatic nitrogens is 3. The Bertz CT molecular complexity index is 388. The van der Waals surface area contributed by atoms with Crippen molar-refractivity contribution in [1.29, 1.82) is 0 Å². The Balaban J connectivity index is 2.53. The third-order valence-electron chi connectivity index (χ3n) is 1.09. The van der Waals surface area contributed by atoms with Crippen LogP contribution in [-0.4, -0.2) is 15.2 Å². The number of hydrogen-bond donors (Lipinski definition) is 1. The molecule has 5 nitrogen and oxygen atoms in total. The summed E-state index contributed by atoms with van der Waals surface area (Å²) in [6.07, 6.45) is 0. The van der Waals surface area contributed by atoms with Gasteiger partial charge in [-0.05, 0) is 0 Å². The minimum atomic E-state index is -0.562. The molecular weight excluding hydrogens is 166 g/mol. The summed E-state index contributed by atoms with van der Waals surface area (Å²) in [5, 5.41) is 7.50. The number of rotatable bonds is 1. The van der Waals surface area contributed by atoms with Crippen LogP contribution in [0.1, 0.15) is 0 Å². The molecule has 0 aliphatic rings. The number of nitrogens with zero attached hydrogens (tertiary/aromatic N) is 2. The molecule has 2 aromatic heterocycles. The van der Waals surface area contributed by atoms with Crippen molar-refractivity contribution < 1.29 is 4.42 Å². The van der Waals surface area contributed by atoms with Crippen LogP contribution < -0.4 is 5.76 Å². The molecule has 0 fully saturated rings. The van der Waals surface area contributed by atoms with Crippen LogP contribution in [0.2, 0.25) is 0 Å². The molecule has 2 heterocycles. The van der Waals surface area contributed by atoms with Crippen LogP contribution in [0, 0.1) is 0 Å². The molecule has 0 aliphatic carbocycles. The van der Waals surface area contributed by atoms with Crippen molar-refractivity contribution in [2.45, 2.75) is 0 Å². The van der Waals surface area contributed by atoms with Gasteiger partial charge in [-0.1, -0.05) is 0 Å². The Morgan fingerprint density at radius 2 is 2.55 bits per heavy atom. The van der Waals surface area contributed by atoms with Gasteiger partial charge >= 0.3 is 5.76 Å². The first-order valence-electron chi connectivity index (χ1n) is 2.80. The molecule has 6 heteroatoms. The fourth-order valence-electron chi connectivity index (χ4n) is 0.658. The zero-order chi connectivity index (χ0) is 7.68. The van der Waals surface area contributed by atoms with Crippen molar-refractivity contribution in [3.8, 4) is 11.6 Å². The van der Waals surface area contributed by atoms with Gasteiger partial charge in [-0.2, -0.15) is 0 Å². The van der Waals surface area contributed by atoms with E-state index in [1.54, 1.807) is 10.9 Å². The summed E-state index contributed by atoms with van der Waals surface area (Å²) >= 11 is 1.42. The zero-order valence-corrected chi connectivity index (χ0v) is 6.09. The third-order valence-corrected chi connectivity index (χ3v) is 1.68. The van der Waals surface area contributed by atoms with Gasteiger partial charge in [-0.3, -0.25) is 0 Å². The lowest BCUT2D eigenvalue weighted by Gasteiger charge is -1.79. The van der Waals surface area contributed by atoms with Crippen LogP contribution in [0.5, 0.6) is 0 Å². The minimum Gasteiger partial charge on any atom is -0.386 e. The topological polar surface area (TPSA) is 71.8 Å². The number of nitrogens with one attached hydrogen (secondary N) is 1. The minimum absolute atomic E-state index is 0.233. The van der Waals surface area contributed by atoms with Crippen molar-refractivity contribution >= 4 is 11.3 Å². The summed E-state index contributed by atoms with van der Waals surface area (Å²) in [5.41, 5.74) is 2.22. The summed E-state index contributed by atoms with van der Waals surface area (Å²) in [5.74, 6) is -0.329. The van der Waals surface area contributed by atoms with E-state index in [1.807, 2.05) is 0 Å². The van der Waals surface area contributed by atoms with E-state index in [1.165, 1.54) is 11.3 Å². The van der Waals surface area contributed by atoms with Gasteiger partial charge in [0.1, 0.15) is 5.69 Å². The molecule has 2 rings (SSSR count).